The maximum atomic E-state index is 12.5. The largest absolute Gasteiger partial charge is 0.351 e. The third kappa shape index (κ3) is 3.48. The Labute approximate surface area is 144 Å². The summed E-state index contributed by atoms with van der Waals surface area (Å²) in [4.78, 5) is 50.1. The second-order valence-electron chi connectivity index (χ2n) is 5.71. The zero-order chi connectivity index (χ0) is 17.9. The standard InChI is InChI=1S/C16H21N3O4S/c1-4-16(5-2)14(22)19(15(23)18-16)9-12(21)13-7-6-11(24-13)8-17-10(3)20/h6-7H,4-5,8-9H2,1-3H3,(H,17,20)(H,18,23). The molecular weight excluding hydrogens is 330 g/mol. The van der Waals surface area contributed by atoms with Crippen LogP contribution in [0.1, 0.15) is 48.2 Å². The van der Waals surface area contributed by atoms with E-state index >= 15 is 0 Å². The van der Waals surface area contributed by atoms with Crippen LogP contribution in [0, 0.1) is 0 Å². The van der Waals surface area contributed by atoms with Crippen molar-refractivity contribution in [3.63, 3.8) is 0 Å². The van der Waals surface area contributed by atoms with Crippen LogP contribution < -0.4 is 10.6 Å². The molecule has 4 amide bonds. The third-order valence-electron chi connectivity index (χ3n) is 4.20. The van der Waals surface area contributed by atoms with E-state index in [0.717, 1.165) is 9.78 Å². The molecule has 0 atom stereocenters. The van der Waals surface area contributed by atoms with Gasteiger partial charge in [0.15, 0.2) is 5.78 Å². The summed E-state index contributed by atoms with van der Waals surface area (Å²) in [6, 6.07) is 2.88. The lowest BCUT2D eigenvalue weighted by Crippen LogP contribution is -2.46. The number of hydrogen-bond acceptors (Lipinski definition) is 5. The number of nitrogens with zero attached hydrogens (tertiary/aromatic N) is 1. The number of carbonyl (C=O) groups is 4. The molecule has 0 aliphatic carbocycles. The van der Waals surface area contributed by atoms with Crippen LogP contribution in [0.15, 0.2) is 12.1 Å². The Kier molecular flexibility index (Phi) is 5.38. The summed E-state index contributed by atoms with van der Waals surface area (Å²) in [5.74, 6) is -0.785. The van der Waals surface area contributed by atoms with Gasteiger partial charge in [0.1, 0.15) is 5.54 Å². The van der Waals surface area contributed by atoms with Crippen LogP contribution >= 0.6 is 11.3 Å². The van der Waals surface area contributed by atoms with E-state index in [1.54, 1.807) is 12.1 Å². The summed E-state index contributed by atoms with van der Waals surface area (Å²) in [6.45, 7) is 5.17. The number of ketones is 1. The molecule has 0 unspecified atom stereocenters. The van der Waals surface area contributed by atoms with Crippen molar-refractivity contribution >= 4 is 35.0 Å². The Hall–Kier alpha value is -2.22. The zero-order valence-corrected chi connectivity index (χ0v) is 14.8. The van der Waals surface area contributed by atoms with Gasteiger partial charge in [-0.05, 0) is 25.0 Å². The summed E-state index contributed by atoms with van der Waals surface area (Å²) >= 11 is 1.25. The molecule has 2 N–H and O–H groups in total. The van der Waals surface area contributed by atoms with Gasteiger partial charge < -0.3 is 10.6 Å². The Morgan fingerprint density at radius 1 is 1.25 bits per heavy atom. The fraction of sp³-hybridized carbons (Fsp3) is 0.500. The van der Waals surface area contributed by atoms with Gasteiger partial charge in [0.25, 0.3) is 5.91 Å². The average Bonchev–Trinajstić information content (AvgIpc) is 3.11. The molecule has 1 aromatic heterocycles. The molecule has 0 radical (unpaired) electrons. The highest BCUT2D eigenvalue weighted by Crippen LogP contribution is 2.25. The first-order chi connectivity index (χ1) is 11.3. The lowest BCUT2D eigenvalue weighted by atomic mass is 9.93. The van der Waals surface area contributed by atoms with Gasteiger partial charge in [-0.3, -0.25) is 19.3 Å². The van der Waals surface area contributed by atoms with E-state index in [2.05, 4.69) is 10.6 Å². The van der Waals surface area contributed by atoms with Crippen LogP contribution in [0.3, 0.4) is 0 Å². The predicted molar refractivity (Wildman–Crippen MR) is 89.7 cm³/mol. The van der Waals surface area contributed by atoms with Gasteiger partial charge in [-0.1, -0.05) is 13.8 Å². The Morgan fingerprint density at radius 2 is 1.92 bits per heavy atom. The molecule has 8 heteroatoms. The van der Waals surface area contributed by atoms with E-state index in [0.29, 0.717) is 24.3 Å². The molecular formula is C16H21N3O4S. The van der Waals surface area contributed by atoms with Crippen molar-refractivity contribution in [1.29, 1.82) is 0 Å². The maximum absolute atomic E-state index is 12.5. The SMILES string of the molecule is CCC1(CC)NC(=O)N(CC(=O)c2ccc(CNC(C)=O)s2)C1=O. The number of rotatable bonds is 7. The second-order valence-corrected chi connectivity index (χ2v) is 6.88. The molecule has 1 fully saturated rings. The smallest absolute Gasteiger partial charge is 0.325 e. The third-order valence-corrected chi connectivity index (χ3v) is 5.33. The van der Waals surface area contributed by atoms with Gasteiger partial charge in [0.05, 0.1) is 18.0 Å². The van der Waals surface area contributed by atoms with Gasteiger partial charge >= 0.3 is 6.03 Å². The van der Waals surface area contributed by atoms with Crippen LogP contribution in [0.2, 0.25) is 0 Å². The summed E-state index contributed by atoms with van der Waals surface area (Å²) < 4.78 is 0. The molecule has 1 saturated heterocycles. The van der Waals surface area contributed by atoms with Crippen molar-refractivity contribution in [2.75, 3.05) is 6.54 Å². The van der Waals surface area contributed by atoms with Gasteiger partial charge in [-0.25, -0.2) is 4.79 Å². The fourth-order valence-electron chi connectivity index (χ4n) is 2.60. The highest BCUT2D eigenvalue weighted by atomic mass is 32.1. The lowest BCUT2D eigenvalue weighted by Gasteiger charge is -2.22. The molecule has 2 heterocycles. The van der Waals surface area contributed by atoms with Crippen LogP contribution in [0.5, 0.6) is 0 Å². The molecule has 1 aliphatic heterocycles. The van der Waals surface area contributed by atoms with E-state index in [1.807, 2.05) is 13.8 Å². The van der Waals surface area contributed by atoms with Crippen molar-refractivity contribution < 1.29 is 19.2 Å². The zero-order valence-electron chi connectivity index (χ0n) is 14.0. The Morgan fingerprint density at radius 3 is 2.46 bits per heavy atom. The second kappa shape index (κ2) is 7.12. The van der Waals surface area contributed by atoms with Crippen molar-refractivity contribution in [3.05, 3.63) is 21.9 Å². The number of Topliss-reactive ketones (excluding diaryl/α,β-unsaturated/α-hetero) is 1. The number of amides is 4. The number of carbonyl (C=O) groups excluding carboxylic acids is 4. The number of imide groups is 1. The molecule has 7 nitrogen and oxygen atoms in total. The molecule has 1 aliphatic rings. The van der Waals surface area contributed by atoms with E-state index in [4.69, 9.17) is 0 Å². The molecule has 1 aromatic rings. The topological polar surface area (TPSA) is 95.6 Å². The molecule has 0 spiro atoms. The quantitative estimate of drug-likeness (QED) is 0.577. The predicted octanol–water partition coefficient (Wildman–Crippen LogP) is 1.68. The lowest BCUT2D eigenvalue weighted by molar-refractivity contribution is -0.131. The average molecular weight is 351 g/mol. The summed E-state index contributed by atoms with van der Waals surface area (Å²) in [6.07, 6.45) is 0.970. The van der Waals surface area contributed by atoms with Gasteiger partial charge in [0.2, 0.25) is 5.91 Å². The summed E-state index contributed by atoms with van der Waals surface area (Å²) in [5.41, 5.74) is -0.899. The van der Waals surface area contributed by atoms with Crippen LogP contribution in [-0.2, 0) is 16.1 Å². The normalized spacial score (nSPS) is 16.2. The monoisotopic (exact) mass is 351 g/mol. The molecule has 0 saturated carbocycles. The van der Waals surface area contributed by atoms with Gasteiger partial charge in [-0.15, -0.1) is 11.3 Å². The number of urea groups is 1. The minimum Gasteiger partial charge on any atom is -0.351 e. The van der Waals surface area contributed by atoms with Crippen molar-refractivity contribution in [2.24, 2.45) is 0 Å². The van der Waals surface area contributed by atoms with Crippen LogP contribution in [0.4, 0.5) is 4.79 Å². The molecule has 2 rings (SSSR count). The first-order valence-corrected chi connectivity index (χ1v) is 8.65. The van der Waals surface area contributed by atoms with Crippen molar-refractivity contribution in [3.8, 4) is 0 Å². The van der Waals surface area contributed by atoms with E-state index in [9.17, 15) is 19.2 Å². The minimum atomic E-state index is -0.899. The van der Waals surface area contributed by atoms with E-state index < -0.39 is 11.6 Å². The fourth-order valence-corrected chi connectivity index (χ4v) is 3.48. The number of hydrogen-bond donors (Lipinski definition) is 2. The first-order valence-electron chi connectivity index (χ1n) is 7.83. The molecule has 0 bridgehead atoms. The Balaban J connectivity index is 2.06. The number of nitrogens with one attached hydrogen (secondary N) is 2. The Bertz CT molecular complexity index is 679. The van der Waals surface area contributed by atoms with Crippen molar-refractivity contribution in [1.82, 2.24) is 15.5 Å². The molecule has 130 valence electrons. The van der Waals surface area contributed by atoms with Gasteiger partial charge in [0, 0.05) is 11.8 Å². The number of thiophene rings is 1. The van der Waals surface area contributed by atoms with Crippen LogP contribution in [0.25, 0.3) is 0 Å². The van der Waals surface area contributed by atoms with E-state index in [-0.39, 0.29) is 24.1 Å². The molecule has 0 aromatic carbocycles. The highest BCUT2D eigenvalue weighted by Gasteiger charge is 2.49. The maximum Gasteiger partial charge on any atom is 0.325 e. The minimum absolute atomic E-state index is 0.147. The summed E-state index contributed by atoms with van der Waals surface area (Å²) in [7, 11) is 0. The van der Waals surface area contributed by atoms with Gasteiger partial charge in [-0.2, -0.15) is 0 Å². The van der Waals surface area contributed by atoms with Crippen molar-refractivity contribution in [2.45, 2.75) is 45.7 Å². The molecule has 24 heavy (non-hydrogen) atoms. The summed E-state index contributed by atoms with van der Waals surface area (Å²) in [5, 5.41) is 5.36. The van der Waals surface area contributed by atoms with E-state index in [1.165, 1.54) is 18.3 Å². The van der Waals surface area contributed by atoms with Crippen LogP contribution in [-0.4, -0.2) is 40.6 Å². The first kappa shape index (κ1) is 18.1. The highest BCUT2D eigenvalue weighted by molar-refractivity contribution is 7.14.